The fourth-order valence-corrected chi connectivity index (χ4v) is 15.3. The van der Waals surface area contributed by atoms with Gasteiger partial charge >= 0.3 is 0 Å². The first-order chi connectivity index (χ1) is 20.3. The topological polar surface area (TPSA) is 36.1 Å². The first-order valence-electron chi connectivity index (χ1n) is 18.3. The standard InChI is InChI=1S/C37H57N3Si/c1-3-12-24(13-4-1)26-22-23-31(28-17-8-7-16-27(26)28)36-38-35(25-14-5-2-6-15-25)39-37(40-36)32-20-11-19-30-29-18-9-10-21-33(29)41-34(30)32/h5,10-11,14,20-40H,1-4,6-9,12-13,15-19,41H2. The summed E-state index contributed by atoms with van der Waals surface area (Å²) in [6.45, 7) is 0. The highest BCUT2D eigenvalue weighted by Crippen LogP contribution is 2.56. The molecule has 8 aliphatic rings. The Labute approximate surface area is 252 Å². The molecule has 224 valence electrons. The van der Waals surface area contributed by atoms with E-state index in [9.17, 15) is 0 Å². The van der Waals surface area contributed by atoms with Gasteiger partial charge in [-0.3, -0.25) is 16.0 Å². The van der Waals surface area contributed by atoms with Crippen molar-refractivity contribution in [1.29, 1.82) is 0 Å². The van der Waals surface area contributed by atoms with Crippen molar-refractivity contribution in [2.24, 2.45) is 53.3 Å². The van der Waals surface area contributed by atoms with Crippen molar-refractivity contribution in [2.45, 2.75) is 126 Å². The third-order valence-electron chi connectivity index (χ3n) is 13.7. The third kappa shape index (κ3) is 5.36. The summed E-state index contributed by atoms with van der Waals surface area (Å²) in [4.78, 5) is 0. The van der Waals surface area contributed by atoms with Crippen LogP contribution < -0.4 is 16.0 Å². The van der Waals surface area contributed by atoms with Crippen LogP contribution in [0.3, 0.4) is 0 Å². The summed E-state index contributed by atoms with van der Waals surface area (Å²) in [5, 5.41) is 12.8. The predicted molar refractivity (Wildman–Crippen MR) is 174 cm³/mol. The second-order valence-corrected chi connectivity index (χ2v) is 18.0. The number of rotatable bonds is 4. The molecule has 0 aromatic heterocycles. The zero-order chi connectivity index (χ0) is 27.2. The van der Waals surface area contributed by atoms with Crippen molar-refractivity contribution in [3.05, 3.63) is 48.6 Å². The molecule has 0 aromatic carbocycles. The Balaban J connectivity index is 1.07. The molecule has 4 fully saturated rings. The molecule has 13 atom stereocenters. The van der Waals surface area contributed by atoms with E-state index in [-0.39, 0.29) is 9.52 Å². The van der Waals surface area contributed by atoms with Crippen LogP contribution in [0.4, 0.5) is 0 Å². The maximum Gasteiger partial charge on any atom is 0.0663 e. The smallest absolute Gasteiger partial charge is 0.0663 e. The van der Waals surface area contributed by atoms with E-state index >= 15 is 0 Å². The van der Waals surface area contributed by atoms with Crippen molar-refractivity contribution < 1.29 is 0 Å². The van der Waals surface area contributed by atoms with E-state index in [1.54, 1.807) is 0 Å². The summed E-state index contributed by atoms with van der Waals surface area (Å²) in [6.07, 6.45) is 43.5. The monoisotopic (exact) mass is 571 g/mol. The molecule has 0 spiro atoms. The number of hydrogen-bond donors (Lipinski definition) is 3. The molecule has 4 heteroatoms. The summed E-state index contributed by atoms with van der Waals surface area (Å²) in [5.41, 5.74) is 1.93. The summed E-state index contributed by atoms with van der Waals surface area (Å²) in [6, 6.07) is 0. The molecule has 0 amide bonds. The lowest BCUT2D eigenvalue weighted by Crippen LogP contribution is -2.73. The Morgan fingerprint density at radius 2 is 1.22 bits per heavy atom. The quantitative estimate of drug-likeness (QED) is 0.246. The van der Waals surface area contributed by atoms with Crippen molar-refractivity contribution in [3.63, 3.8) is 0 Å². The summed E-state index contributed by atoms with van der Waals surface area (Å²) in [7, 11) is -0.119. The van der Waals surface area contributed by atoms with E-state index < -0.39 is 0 Å². The van der Waals surface area contributed by atoms with Crippen LogP contribution >= 0.6 is 0 Å². The number of hydrogen-bond acceptors (Lipinski definition) is 3. The van der Waals surface area contributed by atoms with Crippen molar-refractivity contribution in [2.75, 3.05) is 0 Å². The number of nitrogens with one attached hydrogen (secondary N) is 3. The molecule has 2 saturated carbocycles. The summed E-state index contributed by atoms with van der Waals surface area (Å²) < 4.78 is 0. The van der Waals surface area contributed by atoms with Gasteiger partial charge in [0.25, 0.3) is 0 Å². The van der Waals surface area contributed by atoms with E-state index in [2.05, 4.69) is 64.6 Å². The number of fused-ring (bicyclic) bond motifs is 4. The van der Waals surface area contributed by atoms with Gasteiger partial charge in [-0.2, -0.15) is 0 Å². The second-order valence-electron chi connectivity index (χ2n) is 15.6. The van der Waals surface area contributed by atoms with Crippen molar-refractivity contribution >= 4 is 9.52 Å². The molecule has 8 rings (SSSR count). The van der Waals surface area contributed by atoms with Gasteiger partial charge in [-0.15, -0.1) is 0 Å². The van der Waals surface area contributed by atoms with E-state index in [0.717, 1.165) is 46.6 Å². The minimum absolute atomic E-state index is 0.119. The van der Waals surface area contributed by atoms with E-state index in [4.69, 9.17) is 0 Å². The molecule has 0 aromatic rings. The predicted octanol–water partition coefficient (Wildman–Crippen LogP) is 7.21. The van der Waals surface area contributed by atoms with Crippen LogP contribution in [0.1, 0.15) is 96.3 Å². The van der Waals surface area contributed by atoms with Crippen LogP contribution in [0.5, 0.6) is 0 Å². The normalized spacial score (nSPS) is 50.4. The van der Waals surface area contributed by atoms with Crippen LogP contribution in [-0.4, -0.2) is 28.0 Å². The molecule has 0 radical (unpaired) electrons. The van der Waals surface area contributed by atoms with Crippen LogP contribution in [0.15, 0.2) is 48.6 Å². The lowest BCUT2D eigenvalue weighted by Gasteiger charge is -2.53. The minimum atomic E-state index is -0.119. The average molecular weight is 572 g/mol. The molecular weight excluding hydrogens is 515 g/mol. The highest BCUT2D eigenvalue weighted by molar-refractivity contribution is 6.42. The fraction of sp³-hybridized carbons (Fsp3) is 0.784. The Bertz CT molecular complexity index is 1030. The Kier molecular flexibility index (Phi) is 8.22. The zero-order valence-electron chi connectivity index (χ0n) is 25.5. The first-order valence-corrected chi connectivity index (χ1v) is 19.9. The molecule has 41 heavy (non-hydrogen) atoms. The zero-order valence-corrected chi connectivity index (χ0v) is 26.9. The highest BCUT2D eigenvalue weighted by atomic mass is 28.2. The molecular formula is C37H57N3Si. The van der Waals surface area contributed by atoms with Gasteiger partial charge < -0.3 is 0 Å². The van der Waals surface area contributed by atoms with Crippen LogP contribution in [0.2, 0.25) is 11.1 Å². The largest absolute Gasteiger partial charge is 0.285 e. The van der Waals surface area contributed by atoms with E-state index in [1.165, 1.54) is 96.3 Å². The highest BCUT2D eigenvalue weighted by Gasteiger charge is 2.51. The summed E-state index contributed by atoms with van der Waals surface area (Å²) in [5.74, 6) is 7.45. The minimum Gasteiger partial charge on any atom is -0.285 e. The van der Waals surface area contributed by atoms with Gasteiger partial charge in [-0.25, -0.2) is 0 Å². The second kappa shape index (κ2) is 12.2. The van der Waals surface area contributed by atoms with E-state index in [1.807, 2.05) is 0 Å². The number of allylic oxidation sites excluding steroid dienone is 5. The van der Waals surface area contributed by atoms with Crippen LogP contribution in [-0.2, 0) is 0 Å². The SMILES string of the molecule is C1=CC(C2NC(C3C=CC(C4CCCCC4)C4CCCCC34)NC(C3C=CCC4C5CCC=CC5[SiH2]C34)N2)CCC1. The Hall–Kier alpha value is -0.943. The van der Waals surface area contributed by atoms with Crippen molar-refractivity contribution in [3.8, 4) is 0 Å². The summed E-state index contributed by atoms with van der Waals surface area (Å²) >= 11 is 0. The molecule has 2 saturated heterocycles. The van der Waals surface area contributed by atoms with Gasteiger partial charge in [0.05, 0.1) is 18.5 Å². The Morgan fingerprint density at radius 1 is 0.488 bits per heavy atom. The molecule has 2 aliphatic heterocycles. The van der Waals surface area contributed by atoms with Crippen LogP contribution in [0.25, 0.3) is 0 Å². The van der Waals surface area contributed by atoms with Gasteiger partial charge in [-0.1, -0.05) is 80.7 Å². The first kappa shape index (κ1) is 27.6. The van der Waals surface area contributed by atoms with Gasteiger partial charge in [0, 0.05) is 27.3 Å². The maximum atomic E-state index is 4.34. The molecule has 3 N–H and O–H groups in total. The molecule has 3 nitrogen and oxygen atoms in total. The lowest BCUT2D eigenvalue weighted by molar-refractivity contribution is 0.0358. The third-order valence-corrected chi connectivity index (χ3v) is 16.8. The molecule has 0 bridgehead atoms. The van der Waals surface area contributed by atoms with Gasteiger partial charge in [0.15, 0.2) is 0 Å². The Morgan fingerprint density at radius 3 is 2.05 bits per heavy atom. The molecule has 6 aliphatic carbocycles. The van der Waals surface area contributed by atoms with Crippen molar-refractivity contribution in [1.82, 2.24) is 16.0 Å². The fourth-order valence-electron chi connectivity index (χ4n) is 11.8. The van der Waals surface area contributed by atoms with Gasteiger partial charge in [-0.05, 0) is 111 Å². The maximum absolute atomic E-state index is 4.34. The van der Waals surface area contributed by atoms with Crippen LogP contribution in [0, 0.1) is 53.3 Å². The van der Waals surface area contributed by atoms with Gasteiger partial charge in [0.1, 0.15) is 0 Å². The average Bonchev–Trinajstić information content (AvgIpc) is 3.44. The lowest BCUT2D eigenvalue weighted by atomic mass is 9.59. The molecule has 2 heterocycles. The van der Waals surface area contributed by atoms with E-state index in [0.29, 0.717) is 36.3 Å². The van der Waals surface area contributed by atoms with Gasteiger partial charge in [0.2, 0.25) is 0 Å². The molecule has 13 unspecified atom stereocenters.